The van der Waals surface area contributed by atoms with E-state index in [1.165, 1.54) is 0 Å². The van der Waals surface area contributed by atoms with Gasteiger partial charge in [-0.3, -0.25) is 4.79 Å². The predicted molar refractivity (Wildman–Crippen MR) is 131 cm³/mol. The van der Waals surface area contributed by atoms with Gasteiger partial charge in [-0.15, -0.1) is 0 Å². The molecule has 1 saturated heterocycles. The van der Waals surface area contributed by atoms with Gasteiger partial charge in [0.25, 0.3) is 5.91 Å². The number of hydrogen-bond acceptors (Lipinski definition) is 5. The number of rotatable bonds is 5. The lowest BCUT2D eigenvalue weighted by Gasteiger charge is -2.26. The molecule has 0 radical (unpaired) electrons. The molecule has 1 aliphatic rings. The van der Waals surface area contributed by atoms with Gasteiger partial charge in [0.1, 0.15) is 11.5 Å². The van der Waals surface area contributed by atoms with Crippen LogP contribution in [0.15, 0.2) is 72.9 Å². The number of aromatic amines is 2. The second-order valence-corrected chi connectivity index (χ2v) is 8.17. The third kappa shape index (κ3) is 3.95. The Balaban J connectivity index is 1.25. The van der Waals surface area contributed by atoms with Gasteiger partial charge in [0.05, 0.1) is 29.9 Å². The fraction of sp³-hybridized carbons (Fsp3) is 0.154. The molecule has 0 atom stereocenters. The van der Waals surface area contributed by atoms with Crippen LogP contribution in [0.1, 0.15) is 10.4 Å². The van der Waals surface area contributed by atoms with E-state index in [9.17, 15) is 4.79 Å². The van der Waals surface area contributed by atoms with Crippen LogP contribution in [-0.4, -0.2) is 52.1 Å². The number of para-hydroxylation sites is 1. The van der Waals surface area contributed by atoms with E-state index in [0.29, 0.717) is 37.8 Å². The van der Waals surface area contributed by atoms with Gasteiger partial charge in [-0.25, -0.2) is 4.98 Å². The lowest BCUT2D eigenvalue weighted by atomic mass is 10.1. The van der Waals surface area contributed by atoms with Crippen LogP contribution in [-0.2, 0) is 4.74 Å². The number of nitrogens with one attached hydrogen (secondary N) is 3. The van der Waals surface area contributed by atoms with Gasteiger partial charge >= 0.3 is 0 Å². The standard InChI is InChI=1S/C26H23N5O3/c32-25(31-10-12-33-13-11-31)17-6-8-21-20(14-17)24(16-27-21)30-26-28-22-9-7-19(15-23(22)29-26)34-18-4-2-1-3-5-18/h1-9,14-16,27H,10-13H2,(H2,28,29,30). The summed E-state index contributed by atoms with van der Waals surface area (Å²) in [5, 5.41) is 4.27. The molecule has 6 rings (SSSR count). The first-order valence-corrected chi connectivity index (χ1v) is 11.2. The molecule has 8 heteroatoms. The summed E-state index contributed by atoms with van der Waals surface area (Å²) < 4.78 is 11.3. The zero-order chi connectivity index (χ0) is 22.9. The number of ether oxygens (including phenoxy) is 2. The van der Waals surface area contributed by atoms with Crippen molar-refractivity contribution in [3.8, 4) is 11.5 Å². The Morgan fingerprint density at radius 3 is 2.65 bits per heavy atom. The highest BCUT2D eigenvalue weighted by Gasteiger charge is 2.19. The Morgan fingerprint density at radius 2 is 1.79 bits per heavy atom. The molecule has 1 aliphatic heterocycles. The third-order valence-corrected chi connectivity index (χ3v) is 5.91. The summed E-state index contributed by atoms with van der Waals surface area (Å²) in [4.78, 5) is 26.0. The van der Waals surface area contributed by atoms with E-state index in [1.54, 1.807) is 0 Å². The lowest BCUT2D eigenvalue weighted by molar-refractivity contribution is 0.0303. The average molecular weight is 454 g/mol. The summed E-state index contributed by atoms with van der Waals surface area (Å²) in [6.07, 6.45) is 1.88. The van der Waals surface area contributed by atoms with Crippen LogP contribution < -0.4 is 10.1 Å². The van der Waals surface area contributed by atoms with Crippen molar-refractivity contribution in [2.75, 3.05) is 31.6 Å². The number of nitrogens with zero attached hydrogens (tertiary/aromatic N) is 2. The Bertz CT molecular complexity index is 1470. The monoisotopic (exact) mass is 453 g/mol. The minimum Gasteiger partial charge on any atom is -0.457 e. The summed E-state index contributed by atoms with van der Waals surface area (Å²) in [6.45, 7) is 2.39. The summed E-state index contributed by atoms with van der Waals surface area (Å²) in [6, 6.07) is 21.1. The number of carbonyl (C=O) groups is 1. The van der Waals surface area contributed by atoms with Gasteiger partial charge in [-0.05, 0) is 42.5 Å². The minimum absolute atomic E-state index is 0.0204. The quantitative estimate of drug-likeness (QED) is 0.346. The maximum atomic E-state index is 12.9. The van der Waals surface area contributed by atoms with Crippen molar-refractivity contribution >= 4 is 39.5 Å². The van der Waals surface area contributed by atoms with E-state index < -0.39 is 0 Å². The smallest absolute Gasteiger partial charge is 0.254 e. The summed E-state index contributed by atoms with van der Waals surface area (Å²) in [7, 11) is 0. The van der Waals surface area contributed by atoms with E-state index in [-0.39, 0.29) is 5.91 Å². The molecule has 0 spiro atoms. The number of carbonyl (C=O) groups excluding carboxylic acids is 1. The highest BCUT2D eigenvalue weighted by Crippen LogP contribution is 2.29. The maximum absolute atomic E-state index is 12.9. The van der Waals surface area contributed by atoms with Gasteiger partial charge in [0.2, 0.25) is 5.95 Å². The predicted octanol–water partition coefficient (Wildman–Crippen LogP) is 5.05. The number of morpholine rings is 1. The molecule has 3 heterocycles. The van der Waals surface area contributed by atoms with Crippen molar-refractivity contribution in [1.82, 2.24) is 19.9 Å². The molecule has 3 aromatic carbocycles. The van der Waals surface area contributed by atoms with Gasteiger partial charge in [0, 0.05) is 41.8 Å². The molecule has 0 saturated carbocycles. The van der Waals surface area contributed by atoms with Crippen molar-refractivity contribution in [2.24, 2.45) is 0 Å². The molecule has 34 heavy (non-hydrogen) atoms. The van der Waals surface area contributed by atoms with Crippen molar-refractivity contribution in [1.29, 1.82) is 0 Å². The first-order chi connectivity index (χ1) is 16.7. The van der Waals surface area contributed by atoms with Crippen molar-refractivity contribution < 1.29 is 14.3 Å². The molecule has 1 amide bonds. The molecule has 5 aromatic rings. The second-order valence-electron chi connectivity index (χ2n) is 8.17. The van der Waals surface area contributed by atoms with E-state index in [0.717, 1.165) is 39.1 Å². The van der Waals surface area contributed by atoms with Gasteiger partial charge in [-0.2, -0.15) is 0 Å². The number of benzene rings is 3. The minimum atomic E-state index is 0.0204. The van der Waals surface area contributed by atoms with Gasteiger partial charge < -0.3 is 29.7 Å². The molecule has 3 N–H and O–H groups in total. The Kier molecular flexibility index (Phi) is 5.12. The summed E-state index contributed by atoms with van der Waals surface area (Å²) in [5.74, 6) is 2.12. The Morgan fingerprint density at radius 1 is 0.971 bits per heavy atom. The molecule has 8 nitrogen and oxygen atoms in total. The van der Waals surface area contributed by atoms with Crippen LogP contribution in [0, 0.1) is 0 Å². The van der Waals surface area contributed by atoms with Crippen LogP contribution >= 0.6 is 0 Å². The second kappa shape index (κ2) is 8.57. The van der Waals surface area contributed by atoms with Crippen LogP contribution in [0.5, 0.6) is 11.5 Å². The van der Waals surface area contributed by atoms with E-state index in [2.05, 4.69) is 20.3 Å². The molecular formula is C26H23N5O3. The zero-order valence-electron chi connectivity index (χ0n) is 18.4. The van der Waals surface area contributed by atoms with Gasteiger partial charge in [0.15, 0.2) is 0 Å². The first kappa shape index (κ1) is 20.3. The van der Waals surface area contributed by atoms with Crippen molar-refractivity contribution in [2.45, 2.75) is 0 Å². The molecule has 0 bridgehead atoms. The highest BCUT2D eigenvalue weighted by atomic mass is 16.5. The summed E-state index contributed by atoms with van der Waals surface area (Å²) >= 11 is 0. The molecule has 2 aromatic heterocycles. The number of fused-ring (bicyclic) bond motifs is 2. The first-order valence-electron chi connectivity index (χ1n) is 11.2. The molecule has 0 aliphatic carbocycles. The van der Waals surface area contributed by atoms with Crippen LogP contribution in [0.25, 0.3) is 21.9 Å². The van der Waals surface area contributed by atoms with E-state index >= 15 is 0 Å². The number of aromatic nitrogens is 3. The van der Waals surface area contributed by atoms with E-state index in [1.807, 2.05) is 77.8 Å². The number of amides is 1. The molecule has 0 unspecified atom stereocenters. The lowest BCUT2D eigenvalue weighted by Crippen LogP contribution is -2.40. The van der Waals surface area contributed by atoms with Crippen molar-refractivity contribution in [3.63, 3.8) is 0 Å². The molecular weight excluding hydrogens is 430 g/mol. The van der Waals surface area contributed by atoms with Gasteiger partial charge in [-0.1, -0.05) is 18.2 Å². The SMILES string of the molecule is O=C(c1ccc2[nH]cc(Nc3nc4cc(Oc5ccccc5)ccc4[nH]3)c2c1)N1CCOCC1. The fourth-order valence-corrected chi connectivity index (χ4v) is 4.17. The normalized spacial score (nSPS) is 13.9. The summed E-state index contributed by atoms with van der Waals surface area (Å²) in [5.41, 5.74) is 4.12. The average Bonchev–Trinajstić information content (AvgIpc) is 3.47. The van der Waals surface area contributed by atoms with Crippen LogP contribution in [0.3, 0.4) is 0 Å². The van der Waals surface area contributed by atoms with Crippen molar-refractivity contribution in [3.05, 3.63) is 78.5 Å². The number of anilines is 2. The zero-order valence-corrected chi connectivity index (χ0v) is 18.4. The number of imidazole rings is 1. The highest BCUT2D eigenvalue weighted by molar-refractivity contribution is 6.02. The number of H-pyrrole nitrogens is 2. The fourth-order valence-electron chi connectivity index (χ4n) is 4.17. The molecule has 170 valence electrons. The Hall–Kier alpha value is -4.30. The third-order valence-electron chi connectivity index (χ3n) is 5.91. The van der Waals surface area contributed by atoms with Crippen LogP contribution in [0.4, 0.5) is 11.6 Å². The Labute approximate surface area is 195 Å². The van der Waals surface area contributed by atoms with Crippen LogP contribution in [0.2, 0.25) is 0 Å². The molecule has 1 fully saturated rings. The topological polar surface area (TPSA) is 95.3 Å². The largest absolute Gasteiger partial charge is 0.457 e. The maximum Gasteiger partial charge on any atom is 0.254 e. The van der Waals surface area contributed by atoms with E-state index in [4.69, 9.17) is 9.47 Å². The number of hydrogen-bond donors (Lipinski definition) is 3.